The first-order valence-electron chi connectivity index (χ1n) is 9.84. The van der Waals surface area contributed by atoms with Gasteiger partial charge in [0.25, 0.3) is 10.1 Å². The molecule has 30 heavy (non-hydrogen) atoms. The van der Waals surface area contributed by atoms with Crippen molar-refractivity contribution in [1.29, 1.82) is 0 Å². The molecule has 5 heteroatoms. The normalized spacial score (nSPS) is 13.2. The van der Waals surface area contributed by atoms with Crippen LogP contribution in [0.3, 0.4) is 0 Å². The second-order valence-electron chi connectivity index (χ2n) is 8.95. The molecule has 0 amide bonds. The predicted octanol–water partition coefficient (Wildman–Crippen LogP) is 7.14. The fourth-order valence-corrected chi connectivity index (χ4v) is 6.10. The zero-order valence-corrected chi connectivity index (χ0v) is 18.6. The molecule has 0 atom stereocenters. The third-order valence-corrected chi connectivity index (χ3v) is 7.20. The molecule has 0 radical (unpaired) electrons. The molecule has 0 saturated heterocycles. The molecule has 0 saturated carbocycles. The van der Waals surface area contributed by atoms with Gasteiger partial charge >= 0.3 is 0 Å². The lowest BCUT2D eigenvalue weighted by Gasteiger charge is -2.21. The van der Waals surface area contributed by atoms with Crippen LogP contribution < -0.4 is 0 Å². The monoisotopic (exact) mass is 436 g/mol. The minimum atomic E-state index is -4.07. The second kappa shape index (κ2) is 6.55. The molecule has 152 valence electrons. The summed E-state index contributed by atoms with van der Waals surface area (Å²) >= 11 is 6.60. The summed E-state index contributed by atoms with van der Waals surface area (Å²) < 4.78 is 32.3. The molecule has 0 unspecified atom stereocenters. The number of benzene rings is 5. The topological polar surface area (TPSA) is 43.4 Å². The molecule has 5 aromatic rings. The smallest absolute Gasteiger partial charge is 0.266 e. The van der Waals surface area contributed by atoms with Crippen molar-refractivity contribution in [1.82, 2.24) is 0 Å². The van der Waals surface area contributed by atoms with Gasteiger partial charge in [-0.3, -0.25) is 4.18 Å². The lowest BCUT2D eigenvalue weighted by Crippen LogP contribution is -2.19. The van der Waals surface area contributed by atoms with E-state index in [1.807, 2.05) is 69.3 Å². The summed E-state index contributed by atoms with van der Waals surface area (Å²) in [7, 11) is -4.07. The number of halogens is 1. The lowest BCUT2D eigenvalue weighted by atomic mass is 9.90. The highest BCUT2D eigenvalue weighted by molar-refractivity contribution is 7.87. The molecule has 5 aromatic carbocycles. The quantitative estimate of drug-likeness (QED) is 0.171. The Morgan fingerprint density at radius 2 is 1.37 bits per heavy atom. The van der Waals surface area contributed by atoms with E-state index >= 15 is 0 Å². The van der Waals surface area contributed by atoms with Crippen molar-refractivity contribution in [3.8, 4) is 0 Å². The summed E-state index contributed by atoms with van der Waals surface area (Å²) in [6.45, 7) is 5.88. The van der Waals surface area contributed by atoms with E-state index in [4.69, 9.17) is 15.8 Å². The summed E-state index contributed by atoms with van der Waals surface area (Å²) in [6.07, 6.45) is 0. The fourth-order valence-electron chi connectivity index (χ4n) is 4.22. The van der Waals surface area contributed by atoms with Gasteiger partial charge < -0.3 is 0 Å². The molecule has 0 aliphatic carbocycles. The van der Waals surface area contributed by atoms with Crippen molar-refractivity contribution in [3.05, 3.63) is 65.7 Å². The number of hydrogen-bond donors (Lipinski definition) is 0. The van der Waals surface area contributed by atoms with E-state index in [-0.39, 0.29) is 21.9 Å². The summed E-state index contributed by atoms with van der Waals surface area (Å²) in [5.74, 6) is 0. The molecule has 0 aliphatic heterocycles. The Labute approximate surface area is 180 Å². The third kappa shape index (κ3) is 2.94. The number of fused-ring (bicyclic) bond motifs is 2. The van der Waals surface area contributed by atoms with Crippen LogP contribution in [0, 0.1) is 5.41 Å². The van der Waals surface area contributed by atoms with E-state index in [0.717, 1.165) is 37.7 Å². The van der Waals surface area contributed by atoms with E-state index in [0.29, 0.717) is 5.39 Å². The largest absolute Gasteiger partial charge is 0.299 e. The minimum Gasteiger partial charge on any atom is -0.266 e. The Kier molecular flexibility index (Phi) is 4.27. The molecule has 5 rings (SSSR count). The van der Waals surface area contributed by atoms with Crippen LogP contribution in [0.25, 0.3) is 43.1 Å². The first kappa shape index (κ1) is 19.6. The van der Waals surface area contributed by atoms with Crippen molar-refractivity contribution in [2.24, 2.45) is 5.41 Å². The average molecular weight is 437 g/mol. The van der Waals surface area contributed by atoms with E-state index in [2.05, 4.69) is 6.07 Å². The van der Waals surface area contributed by atoms with Gasteiger partial charge in [0, 0.05) is 5.39 Å². The van der Waals surface area contributed by atoms with Gasteiger partial charge in [-0.25, -0.2) is 0 Å². The molecule has 0 heterocycles. The van der Waals surface area contributed by atoms with Gasteiger partial charge in [-0.2, -0.15) is 8.42 Å². The van der Waals surface area contributed by atoms with Gasteiger partial charge in [0.15, 0.2) is 0 Å². The molecule has 3 nitrogen and oxygen atoms in total. The average Bonchev–Trinajstić information content (AvgIpc) is 2.69. The van der Waals surface area contributed by atoms with E-state index in [9.17, 15) is 8.42 Å². The number of rotatable bonds is 3. The summed E-state index contributed by atoms with van der Waals surface area (Å²) in [6, 6.07) is 19.8. The van der Waals surface area contributed by atoms with Crippen LogP contribution in [0.1, 0.15) is 20.8 Å². The van der Waals surface area contributed by atoms with Crippen LogP contribution in [-0.4, -0.2) is 15.0 Å². The van der Waals surface area contributed by atoms with Crippen molar-refractivity contribution in [2.75, 3.05) is 6.61 Å². The fraction of sp³-hybridized carbons (Fsp3) is 0.200. The first-order valence-corrected chi connectivity index (χ1v) is 11.6. The molecule has 0 bridgehead atoms. The highest BCUT2D eigenvalue weighted by atomic mass is 35.5. The molecular formula is C25H21ClO3S. The molecule has 0 aliphatic rings. The maximum atomic E-state index is 13.4. The standard InChI is InChI=1S/C25H21ClO3S/c1-25(2,3)14-29-30(27,28)24-20(26)13-16-9-6-11-18-17-10-4-7-15-8-5-12-19(21(15)17)23(24)22(16)18/h4-13H,14H2,1-3H3. The van der Waals surface area contributed by atoms with Crippen LogP contribution in [0.4, 0.5) is 0 Å². The van der Waals surface area contributed by atoms with Gasteiger partial charge in [-0.1, -0.05) is 87.0 Å². The predicted molar refractivity (Wildman–Crippen MR) is 125 cm³/mol. The van der Waals surface area contributed by atoms with E-state index in [1.54, 1.807) is 6.07 Å². The van der Waals surface area contributed by atoms with Crippen molar-refractivity contribution >= 4 is 64.8 Å². The van der Waals surface area contributed by atoms with Gasteiger partial charge in [0.1, 0.15) is 4.90 Å². The van der Waals surface area contributed by atoms with Crippen LogP contribution in [0.5, 0.6) is 0 Å². The van der Waals surface area contributed by atoms with Gasteiger partial charge in [0.2, 0.25) is 0 Å². The Morgan fingerprint density at radius 1 is 0.800 bits per heavy atom. The van der Waals surface area contributed by atoms with Gasteiger partial charge in [-0.05, 0) is 49.2 Å². The van der Waals surface area contributed by atoms with Crippen LogP contribution in [0.2, 0.25) is 5.02 Å². The third-order valence-electron chi connectivity index (χ3n) is 5.43. The van der Waals surface area contributed by atoms with E-state index < -0.39 is 10.1 Å². The van der Waals surface area contributed by atoms with Crippen molar-refractivity contribution < 1.29 is 12.6 Å². The van der Waals surface area contributed by atoms with Crippen LogP contribution in [0.15, 0.2) is 65.6 Å². The summed E-state index contributed by atoms with van der Waals surface area (Å²) in [5, 5.41) is 7.69. The summed E-state index contributed by atoms with van der Waals surface area (Å²) in [5.41, 5.74) is -0.300. The second-order valence-corrected chi connectivity index (χ2v) is 10.9. The highest BCUT2D eigenvalue weighted by Gasteiger charge is 2.28. The Bertz CT molecular complexity index is 1540. The minimum absolute atomic E-state index is 0.0513. The maximum Gasteiger partial charge on any atom is 0.299 e. The Morgan fingerprint density at radius 3 is 2.00 bits per heavy atom. The summed E-state index contributed by atoms with van der Waals surface area (Å²) in [4.78, 5) is 0.0513. The van der Waals surface area contributed by atoms with Gasteiger partial charge in [0.05, 0.1) is 11.6 Å². The van der Waals surface area contributed by atoms with Crippen LogP contribution in [-0.2, 0) is 14.3 Å². The zero-order valence-electron chi connectivity index (χ0n) is 17.0. The van der Waals surface area contributed by atoms with Crippen molar-refractivity contribution in [3.63, 3.8) is 0 Å². The molecule has 0 fully saturated rings. The Hall–Kier alpha value is -2.40. The highest BCUT2D eigenvalue weighted by Crippen LogP contribution is 2.45. The molecular weight excluding hydrogens is 416 g/mol. The maximum absolute atomic E-state index is 13.4. The van der Waals surface area contributed by atoms with E-state index in [1.165, 1.54) is 0 Å². The van der Waals surface area contributed by atoms with Crippen molar-refractivity contribution in [2.45, 2.75) is 25.7 Å². The number of hydrogen-bond acceptors (Lipinski definition) is 3. The zero-order chi connectivity index (χ0) is 21.3. The van der Waals surface area contributed by atoms with Crippen LogP contribution >= 0.6 is 11.6 Å². The Balaban J connectivity index is 2.00. The molecule has 0 spiro atoms. The first-order chi connectivity index (χ1) is 14.2. The van der Waals surface area contributed by atoms with Gasteiger partial charge in [-0.15, -0.1) is 0 Å². The SMILES string of the molecule is CC(C)(C)COS(=O)(=O)c1c(Cl)cc2cccc3c4cccc5cccc(c1c23)c54. The lowest BCUT2D eigenvalue weighted by molar-refractivity contribution is 0.203. The molecule has 0 aromatic heterocycles. The molecule has 0 N–H and O–H groups in total.